The van der Waals surface area contributed by atoms with Gasteiger partial charge in [-0.3, -0.25) is 19.2 Å². The second-order valence-electron chi connectivity index (χ2n) is 5.10. The molecule has 2 unspecified atom stereocenters. The molecule has 10 heteroatoms. The summed E-state index contributed by atoms with van der Waals surface area (Å²) in [6, 6.07) is 0.500. The third-order valence-electron chi connectivity index (χ3n) is 3.72. The lowest BCUT2D eigenvalue weighted by molar-refractivity contribution is -0.154. The second-order valence-corrected chi connectivity index (χ2v) is 5.10. The van der Waals surface area contributed by atoms with E-state index in [4.69, 9.17) is 5.11 Å². The molecule has 0 saturated heterocycles. The monoisotopic (exact) mass is 338 g/mol. The average molecular weight is 338 g/mol. The molecule has 24 heavy (non-hydrogen) atoms. The van der Waals surface area contributed by atoms with Crippen molar-refractivity contribution in [3.8, 4) is 17.2 Å². The van der Waals surface area contributed by atoms with Crippen molar-refractivity contribution in [2.75, 3.05) is 0 Å². The van der Waals surface area contributed by atoms with Gasteiger partial charge in [-0.25, -0.2) is 4.79 Å². The number of carbonyl (C=O) groups is 5. The first-order valence-corrected chi connectivity index (χ1v) is 6.43. The summed E-state index contributed by atoms with van der Waals surface area (Å²) in [5.74, 6) is -15.0. The van der Waals surface area contributed by atoms with E-state index in [2.05, 4.69) is 0 Å². The zero-order chi connectivity index (χ0) is 18.3. The zero-order valence-corrected chi connectivity index (χ0v) is 11.7. The van der Waals surface area contributed by atoms with E-state index < -0.39 is 75.9 Å². The van der Waals surface area contributed by atoms with Gasteiger partial charge in [0.25, 0.3) is 5.78 Å². The summed E-state index contributed by atoms with van der Waals surface area (Å²) in [6.07, 6.45) is -0.870. The number of benzene rings is 1. The third-order valence-corrected chi connectivity index (χ3v) is 3.72. The Morgan fingerprint density at radius 3 is 2.08 bits per heavy atom. The highest BCUT2D eigenvalue weighted by Crippen LogP contribution is 2.46. The van der Waals surface area contributed by atoms with Gasteiger partial charge in [-0.15, -0.1) is 0 Å². The summed E-state index contributed by atoms with van der Waals surface area (Å²) in [7, 11) is 0. The van der Waals surface area contributed by atoms with Crippen LogP contribution in [0.15, 0.2) is 6.07 Å². The largest absolute Gasteiger partial charge is 0.504 e. The van der Waals surface area contributed by atoms with E-state index in [0.717, 1.165) is 0 Å². The van der Waals surface area contributed by atoms with Crippen LogP contribution in [0.25, 0.3) is 0 Å². The van der Waals surface area contributed by atoms with Gasteiger partial charge in [0.1, 0.15) is 0 Å². The summed E-state index contributed by atoms with van der Waals surface area (Å²) in [4.78, 5) is 57.7. The molecule has 1 aliphatic carbocycles. The Morgan fingerprint density at radius 1 is 1.00 bits per heavy atom. The molecule has 0 heterocycles. The highest BCUT2D eigenvalue weighted by atomic mass is 16.4. The standard InChI is InChI=1S/C14H10O10/c15-5-1-3(13(21)22)7(11(19)9(5)17)8-4(14(23)24)2-6(16)10(18)12(8)20/h1,4,8,15,17,19H,2H2,(H,21,22)(H,23,24). The summed E-state index contributed by atoms with van der Waals surface area (Å²) in [5, 5.41) is 47.2. The minimum atomic E-state index is -2.00. The topological polar surface area (TPSA) is 186 Å². The van der Waals surface area contributed by atoms with Crippen LogP contribution in [0.1, 0.15) is 28.3 Å². The molecular weight excluding hydrogens is 328 g/mol. The van der Waals surface area contributed by atoms with Crippen molar-refractivity contribution in [3.05, 3.63) is 17.2 Å². The number of carbonyl (C=O) groups excluding carboxylic acids is 3. The fourth-order valence-electron chi connectivity index (χ4n) is 2.58. The van der Waals surface area contributed by atoms with Crippen molar-refractivity contribution in [2.24, 2.45) is 5.92 Å². The van der Waals surface area contributed by atoms with Crippen molar-refractivity contribution in [3.63, 3.8) is 0 Å². The lowest BCUT2D eigenvalue weighted by Crippen LogP contribution is -2.43. The lowest BCUT2D eigenvalue weighted by Gasteiger charge is -2.27. The predicted molar refractivity (Wildman–Crippen MR) is 71.9 cm³/mol. The van der Waals surface area contributed by atoms with Gasteiger partial charge >= 0.3 is 11.9 Å². The van der Waals surface area contributed by atoms with Crippen LogP contribution < -0.4 is 0 Å². The molecule has 0 amide bonds. The number of carboxylic acids is 2. The van der Waals surface area contributed by atoms with Gasteiger partial charge in [0.2, 0.25) is 17.3 Å². The molecule has 5 N–H and O–H groups in total. The molecule has 2 atom stereocenters. The number of phenols is 3. The minimum Gasteiger partial charge on any atom is -0.504 e. The summed E-state index contributed by atoms with van der Waals surface area (Å²) < 4.78 is 0. The lowest BCUT2D eigenvalue weighted by atomic mass is 9.72. The zero-order valence-electron chi connectivity index (χ0n) is 11.7. The molecule has 0 spiro atoms. The second kappa shape index (κ2) is 5.65. The highest BCUT2D eigenvalue weighted by Gasteiger charge is 2.49. The van der Waals surface area contributed by atoms with E-state index >= 15 is 0 Å². The van der Waals surface area contributed by atoms with Gasteiger partial charge < -0.3 is 25.5 Å². The Kier molecular flexibility index (Phi) is 3.98. The van der Waals surface area contributed by atoms with Crippen LogP contribution in [0.4, 0.5) is 0 Å². The minimum absolute atomic E-state index is 0.500. The summed E-state index contributed by atoms with van der Waals surface area (Å²) in [5.41, 5.74) is -1.73. The molecule has 0 aliphatic heterocycles. The summed E-state index contributed by atoms with van der Waals surface area (Å²) in [6.45, 7) is 0. The normalized spacial score (nSPS) is 20.9. The maximum atomic E-state index is 12.1. The van der Waals surface area contributed by atoms with Crippen molar-refractivity contribution in [1.29, 1.82) is 0 Å². The first-order chi connectivity index (χ1) is 11.1. The van der Waals surface area contributed by atoms with Crippen LogP contribution >= 0.6 is 0 Å². The molecule has 1 aliphatic rings. The Bertz CT molecular complexity index is 806. The number of ketones is 3. The molecule has 2 rings (SSSR count). The molecule has 0 radical (unpaired) electrons. The van der Waals surface area contributed by atoms with E-state index in [-0.39, 0.29) is 0 Å². The third kappa shape index (κ3) is 2.43. The van der Waals surface area contributed by atoms with Gasteiger partial charge in [0, 0.05) is 12.0 Å². The van der Waals surface area contributed by atoms with E-state index in [1.54, 1.807) is 0 Å². The Balaban J connectivity index is 2.80. The number of aromatic hydroxyl groups is 3. The van der Waals surface area contributed by atoms with Gasteiger partial charge in [-0.2, -0.15) is 0 Å². The quantitative estimate of drug-likeness (QED) is 0.351. The fourth-order valence-corrected chi connectivity index (χ4v) is 2.58. The number of aromatic carboxylic acids is 1. The van der Waals surface area contributed by atoms with E-state index in [9.17, 15) is 44.4 Å². The molecule has 1 saturated carbocycles. The first-order valence-electron chi connectivity index (χ1n) is 6.43. The van der Waals surface area contributed by atoms with Crippen LogP contribution in [0, 0.1) is 5.92 Å². The molecule has 10 nitrogen and oxygen atoms in total. The van der Waals surface area contributed by atoms with Crippen LogP contribution in [0.2, 0.25) is 0 Å². The van der Waals surface area contributed by atoms with Gasteiger partial charge in [-0.05, 0) is 6.07 Å². The first kappa shape index (κ1) is 16.9. The Labute approximate surface area is 132 Å². The van der Waals surface area contributed by atoms with Crippen molar-refractivity contribution in [2.45, 2.75) is 12.3 Å². The molecule has 1 aromatic carbocycles. The fraction of sp³-hybridized carbons (Fsp3) is 0.214. The molecule has 0 aromatic heterocycles. The SMILES string of the molecule is O=C1CC(C(=O)O)C(c2c(C(=O)O)cc(O)c(O)c2O)C(=O)C1=O. The Morgan fingerprint density at radius 2 is 1.58 bits per heavy atom. The van der Waals surface area contributed by atoms with E-state index in [1.807, 2.05) is 0 Å². The molecule has 1 fully saturated rings. The van der Waals surface area contributed by atoms with Crippen molar-refractivity contribution >= 4 is 29.3 Å². The van der Waals surface area contributed by atoms with E-state index in [0.29, 0.717) is 6.07 Å². The highest BCUT2D eigenvalue weighted by molar-refractivity contribution is 6.66. The van der Waals surface area contributed by atoms with Gasteiger partial charge in [0.05, 0.1) is 17.4 Å². The number of hydrogen-bond donors (Lipinski definition) is 5. The maximum absolute atomic E-state index is 12.1. The smallest absolute Gasteiger partial charge is 0.336 e. The number of hydrogen-bond acceptors (Lipinski definition) is 8. The number of rotatable bonds is 3. The number of phenolic OH excluding ortho intramolecular Hbond substituents is 3. The average Bonchev–Trinajstić information content (AvgIpc) is 2.50. The molecule has 0 bridgehead atoms. The van der Waals surface area contributed by atoms with Crippen LogP contribution in [0.5, 0.6) is 17.2 Å². The molecule has 126 valence electrons. The molecular formula is C14H10O10. The van der Waals surface area contributed by atoms with Gasteiger partial charge in [0.15, 0.2) is 11.5 Å². The van der Waals surface area contributed by atoms with E-state index in [1.165, 1.54) is 0 Å². The number of aliphatic carboxylic acids is 1. The van der Waals surface area contributed by atoms with Crippen LogP contribution in [-0.2, 0) is 19.2 Å². The number of carboxylic acid groups (broad SMARTS) is 2. The van der Waals surface area contributed by atoms with Crippen LogP contribution in [0.3, 0.4) is 0 Å². The summed E-state index contributed by atoms with van der Waals surface area (Å²) >= 11 is 0. The predicted octanol–water partition coefficient (Wildman–Crippen LogP) is -0.603. The maximum Gasteiger partial charge on any atom is 0.336 e. The Hall–Kier alpha value is -3.43. The van der Waals surface area contributed by atoms with Gasteiger partial charge in [-0.1, -0.05) is 0 Å². The van der Waals surface area contributed by atoms with Crippen LogP contribution in [-0.4, -0.2) is 54.8 Å². The number of Topliss-reactive ketones (excluding diaryl/α,β-unsaturated/α-hetero) is 3. The van der Waals surface area contributed by atoms with Crippen molar-refractivity contribution in [1.82, 2.24) is 0 Å². The molecule has 1 aromatic rings. The van der Waals surface area contributed by atoms with Crippen molar-refractivity contribution < 1.29 is 49.5 Å².